The Bertz CT molecular complexity index is 500. The standard InChI is InChI=1S/C17H26N2O2/c1-11(2)16-10-14(7-8-21-16)19-15-6-5-13(9-12(15)3)17(20)18-4/h5-6,9,11,14,16,19H,7-8,10H2,1-4H3,(H,18,20). The largest absolute Gasteiger partial charge is 0.382 e. The molecule has 2 atom stereocenters. The predicted octanol–water partition coefficient (Wildman–Crippen LogP) is 2.97. The highest BCUT2D eigenvalue weighted by atomic mass is 16.5. The first-order chi connectivity index (χ1) is 10.0. The van der Waals surface area contributed by atoms with Crippen LogP contribution in [-0.2, 0) is 4.74 Å². The molecule has 1 aromatic carbocycles. The smallest absolute Gasteiger partial charge is 0.251 e. The van der Waals surface area contributed by atoms with Crippen LogP contribution in [-0.4, -0.2) is 31.7 Å². The zero-order valence-electron chi connectivity index (χ0n) is 13.4. The van der Waals surface area contributed by atoms with Crippen LogP contribution in [0.4, 0.5) is 5.69 Å². The number of hydrogen-bond donors (Lipinski definition) is 2. The highest BCUT2D eigenvalue weighted by Crippen LogP contribution is 2.25. The number of benzene rings is 1. The molecule has 1 fully saturated rings. The number of aryl methyl sites for hydroxylation is 1. The second-order valence-corrected chi connectivity index (χ2v) is 6.13. The van der Waals surface area contributed by atoms with Crippen LogP contribution in [0.25, 0.3) is 0 Å². The summed E-state index contributed by atoms with van der Waals surface area (Å²) in [5.41, 5.74) is 2.91. The van der Waals surface area contributed by atoms with E-state index in [1.54, 1.807) is 7.05 Å². The maximum absolute atomic E-state index is 11.6. The molecule has 0 radical (unpaired) electrons. The van der Waals surface area contributed by atoms with Crippen molar-refractivity contribution in [2.75, 3.05) is 19.0 Å². The number of anilines is 1. The summed E-state index contributed by atoms with van der Waals surface area (Å²) in [6.45, 7) is 7.26. The number of ether oxygens (including phenoxy) is 1. The number of amides is 1. The van der Waals surface area contributed by atoms with Crippen molar-refractivity contribution in [1.29, 1.82) is 0 Å². The molecule has 1 aliphatic rings. The molecule has 0 aromatic heterocycles. The van der Waals surface area contributed by atoms with E-state index in [1.807, 2.05) is 25.1 Å². The first kappa shape index (κ1) is 15.8. The molecule has 1 aromatic rings. The fraction of sp³-hybridized carbons (Fsp3) is 0.588. The van der Waals surface area contributed by atoms with Gasteiger partial charge < -0.3 is 15.4 Å². The molecule has 21 heavy (non-hydrogen) atoms. The SMILES string of the molecule is CNC(=O)c1ccc(NC2CCOC(C(C)C)C2)c(C)c1. The van der Waals surface area contributed by atoms with Crippen LogP contribution < -0.4 is 10.6 Å². The second kappa shape index (κ2) is 6.94. The van der Waals surface area contributed by atoms with Crippen LogP contribution in [0.15, 0.2) is 18.2 Å². The fourth-order valence-corrected chi connectivity index (χ4v) is 2.75. The monoisotopic (exact) mass is 290 g/mol. The van der Waals surface area contributed by atoms with Crippen molar-refractivity contribution in [2.45, 2.75) is 45.8 Å². The second-order valence-electron chi connectivity index (χ2n) is 6.13. The minimum absolute atomic E-state index is 0.0458. The fourth-order valence-electron chi connectivity index (χ4n) is 2.75. The van der Waals surface area contributed by atoms with Crippen molar-refractivity contribution < 1.29 is 9.53 Å². The topological polar surface area (TPSA) is 50.4 Å². The number of carbonyl (C=O) groups is 1. The molecule has 0 bridgehead atoms. The lowest BCUT2D eigenvalue weighted by atomic mass is 9.95. The summed E-state index contributed by atoms with van der Waals surface area (Å²) in [4.78, 5) is 11.6. The van der Waals surface area contributed by atoms with E-state index in [2.05, 4.69) is 24.5 Å². The van der Waals surface area contributed by atoms with Crippen molar-refractivity contribution in [1.82, 2.24) is 5.32 Å². The maximum atomic E-state index is 11.6. The van der Waals surface area contributed by atoms with Crippen LogP contribution in [0.1, 0.15) is 42.6 Å². The van der Waals surface area contributed by atoms with Gasteiger partial charge in [0.05, 0.1) is 6.10 Å². The average Bonchev–Trinajstić information content (AvgIpc) is 2.48. The maximum Gasteiger partial charge on any atom is 0.251 e. The van der Waals surface area contributed by atoms with Crippen LogP contribution in [0.5, 0.6) is 0 Å². The molecule has 0 spiro atoms. The van der Waals surface area contributed by atoms with Crippen molar-refractivity contribution >= 4 is 11.6 Å². The van der Waals surface area contributed by atoms with Gasteiger partial charge in [0, 0.05) is 30.9 Å². The Kier molecular flexibility index (Phi) is 5.23. The van der Waals surface area contributed by atoms with Gasteiger partial charge in [-0.15, -0.1) is 0 Å². The predicted molar refractivity (Wildman–Crippen MR) is 85.8 cm³/mol. The zero-order chi connectivity index (χ0) is 15.4. The minimum atomic E-state index is -0.0458. The lowest BCUT2D eigenvalue weighted by molar-refractivity contribution is -0.0160. The number of carbonyl (C=O) groups excluding carboxylic acids is 1. The van der Waals surface area contributed by atoms with E-state index >= 15 is 0 Å². The van der Waals surface area contributed by atoms with E-state index in [1.165, 1.54) is 0 Å². The molecule has 2 unspecified atom stereocenters. The van der Waals surface area contributed by atoms with Crippen LogP contribution in [0.2, 0.25) is 0 Å². The van der Waals surface area contributed by atoms with Crippen LogP contribution in [0, 0.1) is 12.8 Å². The normalized spacial score (nSPS) is 22.1. The highest BCUT2D eigenvalue weighted by molar-refractivity contribution is 5.94. The van der Waals surface area contributed by atoms with Gasteiger partial charge in [0.15, 0.2) is 0 Å². The van der Waals surface area contributed by atoms with Crippen molar-refractivity contribution in [3.63, 3.8) is 0 Å². The van der Waals surface area contributed by atoms with E-state index in [0.717, 1.165) is 30.7 Å². The Hall–Kier alpha value is -1.55. The minimum Gasteiger partial charge on any atom is -0.382 e. The molecule has 0 aliphatic carbocycles. The van der Waals surface area contributed by atoms with Crippen molar-refractivity contribution in [3.05, 3.63) is 29.3 Å². The third kappa shape index (κ3) is 3.97. The van der Waals surface area contributed by atoms with Gasteiger partial charge in [-0.05, 0) is 49.4 Å². The summed E-state index contributed by atoms with van der Waals surface area (Å²) < 4.78 is 5.81. The Morgan fingerprint density at radius 2 is 2.14 bits per heavy atom. The molecule has 4 heteroatoms. The van der Waals surface area contributed by atoms with E-state index in [0.29, 0.717) is 23.6 Å². The summed E-state index contributed by atoms with van der Waals surface area (Å²) in [6.07, 6.45) is 2.40. The summed E-state index contributed by atoms with van der Waals surface area (Å²) in [5.74, 6) is 0.502. The summed E-state index contributed by atoms with van der Waals surface area (Å²) in [7, 11) is 1.65. The van der Waals surface area contributed by atoms with Gasteiger partial charge in [0.1, 0.15) is 0 Å². The molecular weight excluding hydrogens is 264 g/mol. The van der Waals surface area contributed by atoms with Gasteiger partial charge in [-0.2, -0.15) is 0 Å². The Labute approximate surface area is 127 Å². The lowest BCUT2D eigenvalue weighted by Crippen LogP contribution is -2.36. The summed E-state index contributed by atoms with van der Waals surface area (Å²) in [5, 5.41) is 6.26. The first-order valence-corrected chi connectivity index (χ1v) is 7.72. The van der Waals surface area contributed by atoms with Gasteiger partial charge >= 0.3 is 0 Å². The molecule has 0 saturated carbocycles. The van der Waals surface area contributed by atoms with E-state index in [9.17, 15) is 4.79 Å². The first-order valence-electron chi connectivity index (χ1n) is 7.72. The van der Waals surface area contributed by atoms with E-state index < -0.39 is 0 Å². The van der Waals surface area contributed by atoms with Gasteiger partial charge in [0.2, 0.25) is 0 Å². The van der Waals surface area contributed by atoms with Gasteiger partial charge in [-0.1, -0.05) is 13.8 Å². The molecule has 4 nitrogen and oxygen atoms in total. The molecule has 2 rings (SSSR count). The molecule has 1 aliphatic heterocycles. The van der Waals surface area contributed by atoms with Gasteiger partial charge in [-0.25, -0.2) is 0 Å². The number of nitrogens with one attached hydrogen (secondary N) is 2. The third-order valence-electron chi connectivity index (χ3n) is 4.13. The third-order valence-corrected chi connectivity index (χ3v) is 4.13. The van der Waals surface area contributed by atoms with Gasteiger partial charge in [0.25, 0.3) is 5.91 Å². The molecule has 2 N–H and O–H groups in total. The highest BCUT2D eigenvalue weighted by Gasteiger charge is 2.25. The van der Waals surface area contributed by atoms with E-state index in [4.69, 9.17) is 4.74 Å². The molecular formula is C17H26N2O2. The Morgan fingerprint density at radius 1 is 1.38 bits per heavy atom. The number of rotatable bonds is 4. The molecule has 1 heterocycles. The Balaban J connectivity index is 2.04. The quantitative estimate of drug-likeness (QED) is 0.896. The zero-order valence-corrected chi connectivity index (χ0v) is 13.4. The molecule has 116 valence electrons. The molecule has 1 saturated heterocycles. The lowest BCUT2D eigenvalue weighted by Gasteiger charge is -2.33. The van der Waals surface area contributed by atoms with Crippen LogP contribution in [0.3, 0.4) is 0 Å². The van der Waals surface area contributed by atoms with Gasteiger partial charge in [-0.3, -0.25) is 4.79 Å². The van der Waals surface area contributed by atoms with Crippen molar-refractivity contribution in [3.8, 4) is 0 Å². The van der Waals surface area contributed by atoms with E-state index in [-0.39, 0.29) is 5.91 Å². The van der Waals surface area contributed by atoms with Crippen LogP contribution >= 0.6 is 0 Å². The van der Waals surface area contributed by atoms with Crippen molar-refractivity contribution in [2.24, 2.45) is 5.92 Å². The average molecular weight is 290 g/mol. The molecule has 1 amide bonds. The Morgan fingerprint density at radius 3 is 2.76 bits per heavy atom. The number of hydrogen-bond acceptors (Lipinski definition) is 3. The summed E-state index contributed by atoms with van der Waals surface area (Å²) >= 11 is 0. The summed E-state index contributed by atoms with van der Waals surface area (Å²) in [6, 6.07) is 6.24.